The molecule has 5 N–H and O–H groups in total. The summed E-state index contributed by atoms with van der Waals surface area (Å²) in [5.74, 6) is -4.21. The van der Waals surface area contributed by atoms with Gasteiger partial charge in [0.2, 0.25) is 0 Å². The van der Waals surface area contributed by atoms with Crippen LogP contribution in [0.2, 0.25) is 0 Å². The molecule has 3 fully saturated rings. The molecule has 3 saturated heterocycles. The highest BCUT2D eigenvalue weighted by atomic mass is 16.7. The third-order valence-corrected chi connectivity index (χ3v) is 12.2. The minimum absolute atomic E-state index is 0.0687. The number of hydrogen-bond acceptors (Lipinski definition) is 15. The van der Waals surface area contributed by atoms with Gasteiger partial charge >= 0.3 is 5.97 Å². The summed E-state index contributed by atoms with van der Waals surface area (Å²) in [5.41, 5.74) is -4.80. The highest BCUT2D eigenvalue weighted by molar-refractivity contribution is 5.73. The lowest BCUT2D eigenvalue weighted by Crippen LogP contribution is -2.61. The van der Waals surface area contributed by atoms with E-state index in [1.807, 2.05) is 25.9 Å². The van der Waals surface area contributed by atoms with E-state index in [1.165, 1.54) is 14.0 Å². The van der Waals surface area contributed by atoms with E-state index in [-0.39, 0.29) is 31.4 Å². The number of nitroso groups, excluding NO2 is 1. The van der Waals surface area contributed by atoms with Crippen molar-refractivity contribution in [2.45, 2.75) is 185 Å². The van der Waals surface area contributed by atoms with Gasteiger partial charge in [0.15, 0.2) is 12.6 Å². The average molecular weight is 749 g/mol. The lowest BCUT2D eigenvalue weighted by Gasteiger charge is -2.49. The quantitative estimate of drug-likeness (QED) is 0.179. The van der Waals surface area contributed by atoms with Crippen LogP contribution >= 0.6 is 0 Å². The Balaban J connectivity index is 2.21. The molecule has 15 nitrogen and oxygen atoms in total. The fourth-order valence-electron chi connectivity index (χ4n) is 8.79. The Hall–Kier alpha value is -1.37. The molecule has 3 rings (SSSR count). The monoisotopic (exact) mass is 748 g/mol. The Bertz CT molecular complexity index is 1170. The number of esters is 1. The Morgan fingerprint density at radius 3 is 2.08 bits per heavy atom. The molecule has 3 aliphatic heterocycles. The fourth-order valence-corrected chi connectivity index (χ4v) is 8.79. The molecule has 19 atom stereocenters. The summed E-state index contributed by atoms with van der Waals surface area (Å²) in [5, 5.41) is 61.4. The van der Waals surface area contributed by atoms with Crippen molar-refractivity contribution in [1.29, 1.82) is 0 Å². The van der Waals surface area contributed by atoms with Crippen LogP contribution in [0.25, 0.3) is 0 Å². The molecule has 52 heavy (non-hydrogen) atoms. The van der Waals surface area contributed by atoms with Crippen LogP contribution in [0.4, 0.5) is 0 Å². The molecule has 0 radical (unpaired) electrons. The number of likely N-dealkylation sites (N-methyl/N-ethyl adjacent to an activating group) is 1. The number of ether oxygens (including phenoxy) is 6. The maximum absolute atomic E-state index is 14.1. The third-order valence-electron chi connectivity index (χ3n) is 12.2. The van der Waals surface area contributed by atoms with E-state index in [9.17, 15) is 35.2 Å². The normalized spacial score (nSPS) is 50.3. The zero-order valence-corrected chi connectivity index (χ0v) is 33.5. The van der Waals surface area contributed by atoms with Crippen molar-refractivity contribution >= 4 is 5.97 Å². The lowest BCUT2D eigenvalue weighted by molar-refractivity contribution is -0.318. The number of cyclic esters (lactones) is 1. The van der Waals surface area contributed by atoms with Gasteiger partial charge in [-0.15, -0.1) is 0 Å². The molecule has 0 aromatic carbocycles. The van der Waals surface area contributed by atoms with Gasteiger partial charge in [0.05, 0.1) is 53.7 Å². The number of aliphatic hydroxyl groups is 5. The number of carbonyl (C=O) groups is 1. The summed E-state index contributed by atoms with van der Waals surface area (Å²) in [6.07, 6.45) is -9.58. The van der Waals surface area contributed by atoms with Crippen molar-refractivity contribution in [3.63, 3.8) is 0 Å². The van der Waals surface area contributed by atoms with E-state index in [1.54, 1.807) is 55.4 Å². The Morgan fingerprint density at radius 2 is 1.54 bits per heavy atom. The highest BCUT2D eigenvalue weighted by Gasteiger charge is 2.54. The van der Waals surface area contributed by atoms with Gasteiger partial charge in [0, 0.05) is 31.4 Å². The van der Waals surface area contributed by atoms with Crippen LogP contribution < -0.4 is 0 Å². The largest absolute Gasteiger partial charge is 0.459 e. The Morgan fingerprint density at radius 1 is 0.923 bits per heavy atom. The molecule has 0 aliphatic carbocycles. The van der Waals surface area contributed by atoms with Gasteiger partial charge in [-0.25, -0.2) is 0 Å². The van der Waals surface area contributed by atoms with Crippen LogP contribution in [0, 0.1) is 28.6 Å². The number of nitrogens with zero attached hydrogens (tertiary/aromatic N) is 2. The molecule has 0 aromatic rings. The molecular weight excluding hydrogens is 680 g/mol. The molecule has 304 valence electrons. The van der Waals surface area contributed by atoms with Crippen molar-refractivity contribution in [3.8, 4) is 0 Å². The van der Waals surface area contributed by atoms with E-state index < -0.39 is 108 Å². The van der Waals surface area contributed by atoms with Crippen LogP contribution in [-0.4, -0.2) is 148 Å². The van der Waals surface area contributed by atoms with Gasteiger partial charge in [-0.05, 0) is 80.8 Å². The summed E-state index contributed by atoms with van der Waals surface area (Å²) in [6.45, 7) is 16.6. The second-order valence-electron chi connectivity index (χ2n) is 16.8. The summed E-state index contributed by atoms with van der Waals surface area (Å²) in [7, 11) is 5.18. The number of hydrogen-bond donors (Lipinski definition) is 5. The molecule has 0 bridgehead atoms. The maximum atomic E-state index is 14.1. The minimum atomic E-state index is -1.97. The van der Waals surface area contributed by atoms with E-state index in [2.05, 4.69) is 5.18 Å². The van der Waals surface area contributed by atoms with Gasteiger partial charge in [0.25, 0.3) is 0 Å². The summed E-state index contributed by atoms with van der Waals surface area (Å²) < 4.78 is 37.2. The molecule has 15 heteroatoms. The standard InChI is InChI=1S/C37H68N2O13/c1-14-25-37(10,45)30(41)20(4)27(38-46)18(2)16-35(8,44)32(52-34-28(40)24(39(11)12)15-19(3)48-34)21(5)29(22(6)33(43)50-25)51-26-17-36(9,47-13)31(42)23(7)49-26/h18-32,34,40-42,44-45H,14-17H2,1-13H3/t18-,19-,20+,21+,22-,23+,24+,25-,26+,27?,28-,29+,30-,31+,32-,34+,35?,36-,37-/m1/s1. The highest BCUT2D eigenvalue weighted by Crippen LogP contribution is 2.41. The molecule has 0 saturated carbocycles. The maximum Gasteiger partial charge on any atom is 0.311 e. The van der Waals surface area contributed by atoms with Crippen LogP contribution in [0.1, 0.15) is 94.9 Å². The predicted octanol–water partition coefficient (Wildman–Crippen LogP) is 2.35. The number of carbonyl (C=O) groups excluding carboxylic acids is 1. The Kier molecular flexibility index (Phi) is 15.3. The van der Waals surface area contributed by atoms with E-state index in [0.717, 1.165) is 0 Å². The fraction of sp³-hybridized carbons (Fsp3) is 0.973. The first kappa shape index (κ1) is 45.0. The minimum Gasteiger partial charge on any atom is -0.459 e. The predicted molar refractivity (Wildman–Crippen MR) is 191 cm³/mol. The van der Waals surface area contributed by atoms with Gasteiger partial charge in [0.1, 0.15) is 23.9 Å². The summed E-state index contributed by atoms with van der Waals surface area (Å²) in [4.78, 5) is 28.4. The van der Waals surface area contributed by atoms with Gasteiger partial charge in [-0.1, -0.05) is 32.9 Å². The van der Waals surface area contributed by atoms with Crippen molar-refractivity contribution in [3.05, 3.63) is 4.91 Å². The molecule has 0 spiro atoms. The number of rotatable bonds is 8. The van der Waals surface area contributed by atoms with E-state index in [4.69, 9.17) is 28.4 Å². The molecule has 3 aliphatic rings. The third kappa shape index (κ3) is 9.52. The van der Waals surface area contributed by atoms with Crippen LogP contribution in [0.3, 0.4) is 0 Å². The van der Waals surface area contributed by atoms with Gasteiger partial charge < -0.3 is 58.9 Å². The molecule has 0 amide bonds. The van der Waals surface area contributed by atoms with Gasteiger partial charge in [-0.2, -0.15) is 4.91 Å². The van der Waals surface area contributed by atoms with Crippen molar-refractivity contribution in [2.75, 3.05) is 21.2 Å². The molecule has 2 unspecified atom stereocenters. The summed E-state index contributed by atoms with van der Waals surface area (Å²) >= 11 is 0. The molecule has 0 aromatic heterocycles. The smallest absolute Gasteiger partial charge is 0.311 e. The second-order valence-corrected chi connectivity index (χ2v) is 16.8. The van der Waals surface area contributed by atoms with Crippen LogP contribution in [0.15, 0.2) is 5.18 Å². The van der Waals surface area contributed by atoms with E-state index >= 15 is 0 Å². The first-order valence-electron chi connectivity index (χ1n) is 18.8. The van der Waals surface area contributed by atoms with Crippen molar-refractivity contribution in [2.24, 2.45) is 28.8 Å². The van der Waals surface area contributed by atoms with Crippen molar-refractivity contribution < 1.29 is 58.7 Å². The summed E-state index contributed by atoms with van der Waals surface area (Å²) in [6, 6.07) is -1.40. The SMILES string of the molecule is CC[C@H]1OC(=O)[C@H](C)[C@@H](O[C@H]2C[C@@](C)(OC)[C@@H](O)[C@H](C)O2)[C@H](C)[C@@H](O[C@@H]2O[C@H](C)C[C@H](N(C)C)[C@H]2O)C(C)(O)C[C@@H](C)C(N=O)[C@H](C)[C@@H](O)[C@]1(C)O. The first-order chi connectivity index (χ1) is 24.0. The van der Waals surface area contributed by atoms with E-state index in [0.29, 0.717) is 6.42 Å². The number of methoxy groups -OCH3 is 1. The number of aliphatic hydroxyl groups excluding tert-OH is 3. The van der Waals surface area contributed by atoms with Crippen LogP contribution in [-0.2, 0) is 33.2 Å². The molecule has 3 heterocycles. The van der Waals surface area contributed by atoms with Crippen molar-refractivity contribution in [1.82, 2.24) is 4.90 Å². The first-order valence-corrected chi connectivity index (χ1v) is 18.8. The zero-order valence-electron chi connectivity index (χ0n) is 33.5. The second kappa shape index (κ2) is 17.6. The van der Waals surface area contributed by atoms with Gasteiger partial charge in [-0.3, -0.25) is 4.79 Å². The van der Waals surface area contributed by atoms with Crippen LogP contribution in [0.5, 0.6) is 0 Å². The molecular formula is C37H68N2O13. The topological polar surface area (TPSA) is 206 Å². The zero-order chi connectivity index (χ0) is 39.7. The lowest BCUT2D eigenvalue weighted by atomic mass is 9.72. The Labute approximate surface area is 309 Å². The average Bonchev–Trinajstić information content (AvgIpc) is 3.06.